The number of rotatable bonds is 2. The van der Waals surface area contributed by atoms with Crippen LogP contribution in [0.15, 0.2) is 18.2 Å². The Morgan fingerprint density at radius 3 is 2.94 bits per heavy atom. The van der Waals surface area contributed by atoms with Crippen LogP contribution in [0.3, 0.4) is 0 Å². The quantitative estimate of drug-likeness (QED) is 0.777. The summed E-state index contributed by atoms with van der Waals surface area (Å²) in [7, 11) is 3.35. The second-order valence-corrected chi connectivity index (χ2v) is 4.63. The molecule has 1 amide bonds. The lowest BCUT2D eigenvalue weighted by molar-refractivity contribution is -0.830. The SMILES string of the molecule is C[N+](C)(Cc1cccc2c1OCC2)C(=O)O. The van der Waals surface area contributed by atoms with Crippen molar-refractivity contribution in [3.05, 3.63) is 29.3 Å². The molecule has 2 rings (SSSR count). The molecule has 1 N–H and O–H groups in total. The molecule has 0 saturated carbocycles. The highest BCUT2D eigenvalue weighted by Crippen LogP contribution is 2.30. The van der Waals surface area contributed by atoms with Gasteiger partial charge in [0.1, 0.15) is 12.3 Å². The summed E-state index contributed by atoms with van der Waals surface area (Å²) in [5.74, 6) is 0.884. The van der Waals surface area contributed by atoms with E-state index in [1.165, 1.54) is 5.56 Å². The van der Waals surface area contributed by atoms with Crippen LogP contribution in [0.5, 0.6) is 5.75 Å². The minimum Gasteiger partial charge on any atom is -0.492 e. The van der Waals surface area contributed by atoms with Gasteiger partial charge in [0.15, 0.2) is 0 Å². The molecule has 16 heavy (non-hydrogen) atoms. The Balaban J connectivity index is 2.29. The first-order chi connectivity index (χ1) is 7.50. The number of hydrogen-bond acceptors (Lipinski definition) is 2. The van der Waals surface area contributed by atoms with Crippen molar-refractivity contribution < 1.29 is 19.1 Å². The third-order valence-corrected chi connectivity index (χ3v) is 2.88. The van der Waals surface area contributed by atoms with Gasteiger partial charge in [-0.3, -0.25) is 0 Å². The van der Waals surface area contributed by atoms with Crippen LogP contribution in [-0.2, 0) is 13.0 Å². The average molecular weight is 222 g/mol. The predicted octanol–water partition coefficient (Wildman–Crippen LogP) is 1.88. The molecule has 1 aromatic carbocycles. The summed E-state index contributed by atoms with van der Waals surface area (Å²) < 4.78 is 5.47. The molecule has 4 heteroatoms. The van der Waals surface area contributed by atoms with Crippen LogP contribution in [0.2, 0.25) is 0 Å². The Hall–Kier alpha value is -1.55. The van der Waals surface area contributed by atoms with Gasteiger partial charge in [-0.1, -0.05) is 12.1 Å². The van der Waals surface area contributed by atoms with E-state index in [9.17, 15) is 4.79 Å². The van der Waals surface area contributed by atoms with E-state index in [1.54, 1.807) is 14.1 Å². The molecule has 1 aromatic rings. The van der Waals surface area contributed by atoms with E-state index in [0.29, 0.717) is 13.2 Å². The number of quaternary nitrogens is 1. The molecular formula is C12H16NO3+. The maximum absolute atomic E-state index is 11.1. The van der Waals surface area contributed by atoms with Crippen LogP contribution in [-0.4, -0.2) is 36.4 Å². The van der Waals surface area contributed by atoms with Crippen molar-refractivity contribution in [2.45, 2.75) is 13.0 Å². The van der Waals surface area contributed by atoms with Gasteiger partial charge >= 0.3 is 6.09 Å². The van der Waals surface area contributed by atoms with Crippen LogP contribution in [0, 0.1) is 0 Å². The highest BCUT2D eigenvalue weighted by Gasteiger charge is 2.29. The highest BCUT2D eigenvalue weighted by molar-refractivity contribution is 5.56. The van der Waals surface area contributed by atoms with Crippen LogP contribution < -0.4 is 4.74 Å². The number of ether oxygens (including phenoxy) is 1. The Morgan fingerprint density at radius 1 is 1.50 bits per heavy atom. The fraction of sp³-hybridized carbons (Fsp3) is 0.417. The molecule has 0 atom stereocenters. The molecule has 1 heterocycles. The standard InChI is InChI=1S/C12H15NO3/c1-13(2,12(14)15)8-10-5-3-4-9-6-7-16-11(9)10/h3-5H,6-8H2,1-2H3/p+1. The van der Waals surface area contributed by atoms with Gasteiger partial charge in [0, 0.05) is 12.0 Å². The topological polar surface area (TPSA) is 46.5 Å². The van der Waals surface area contributed by atoms with Gasteiger partial charge in [0.25, 0.3) is 0 Å². The van der Waals surface area contributed by atoms with Gasteiger partial charge in [0.05, 0.1) is 20.7 Å². The van der Waals surface area contributed by atoms with Crippen LogP contribution in [0.1, 0.15) is 11.1 Å². The maximum atomic E-state index is 11.1. The zero-order valence-electron chi connectivity index (χ0n) is 9.56. The summed E-state index contributed by atoms with van der Waals surface area (Å²) in [6.07, 6.45) is 0.0829. The van der Waals surface area contributed by atoms with E-state index in [4.69, 9.17) is 9.84 Å². The summed E-state index contributed by atoms with van der Waals surface area (Å²) in [5.41, 5.74) is 2.16. The number of carboxylic acid groups (broad SMARTS) is 1. The van der Waals surface area contributed by atoms with Crippen molar-refractivity contribution in [1.29, 1.82) is 0 Å². The molecule has 0 aliphatic carbocycles. The van der Waals surface area contributed by atoms with E-state index in [0.717, 1.165) is 17.7 Å². The van der Waals surface area contributed by atoms with Crippen molar-refractivity contribution in [2.75, 3.05) is 20.7 Å². The van der Waals surface area contributed by atoms with E-state index >= 15 is 0 Å². The zero-order valence-corrected chi connectivity index (χ0v) is 9.56. The van der Waals surface area contributed by atoms with Gasteiger partial charge < -0.3 is 9.84 Å². The smallest absolute Gasteiger partial charge is 0.492 e. The fourth-order valence-electron chi connectivity index (χ4n) is 1.90. The van der Waals surface area contributed by atoms with E-state index in [2.05, 4.69) is 0 Å². The summed E-state index contributed by atoms with van der Waals surface area (Å²) in [4.78, 5) is 11.1. The van der Waals surface area contributed by atoms with E-state index in [-0.39, 0.29) is 4.48 Å². The van der Waals surface area contributed by atoms with Crippen LogP contribution in [0.4, 0.5) is 4.79 Å². The van der Waals surface area contributed by atoms with Crippen molar-refractivity contribution in [1.82, 2.24) is 0 Å². The molecule has 0 saturated heterocycles. The number of hydrogen-bond donors (Lipinski definition) is 1. The summed E-state index contributed by atoms with van der Waals surface area (Å²) in [6, 6.07) is 5.93. The first-order valence-corrected chi connectivity index (χ1v) is 5.31. The Labute approximate surface area is 94.7 Å². The van der Waals surface area contributed by atoms with Gasteiger partial charge in [0.2, 0.25) is 0 Å². The largest absolute Gasteiger partial charge is 0.513 e. The minimum absolute atomic E-state index is 0.0835. The Bertz CT molecular complexity index is 426. The third-order valence-electron chi connectivity index (χ3n) is 2.88. The van der Waals surface area contributed by atoms with E-state index < -0.39 is 6.09 Å². The molecule has 1 aliphatic rings. The number of fused-ring (bicyclic) bond motifs is 1. The van der Waals surface area contributed by atoms with Crippen molar-refractivity contribution in [2.24, 2.45) is 0 Å². The molecule has 0 fully saturated rings. The predicted molar refractivity (Wildman–Crippen MR) is 59.5 cm³/mol. The molecule has 0 aromatic heterocycles. The molecule has 0 radical (unpaired) electrons. The van der Waals surface area contributed by atoms with Crippen molar-refractivity contribution >= 4 is 6.09 Å². The van der Waals surface area contributed by atoms with Gasteiger partial charge in [-0.05, 0) is 11.6 Å². The average Bonchev–Trinajstić information content (AvgIpc) is 2.65. The molecule has 0 unspecified atom stereocenters. The first-order valence-electron chi connectivity index (χ1n) is 5.31. The number of amides is 1. The Morgan fingerprint density at radius 2 is 2.25 bits per heavy atom. The fourth-order valence-corrected chi connectivity index (χ4v) is 1.90. The number of nitrogens with zero attached hydrogens (tertiary/aromatic N) is 1. The van der Waals surface area contributed by atoms with Gasteiger partial charge in [-0.15, -0.1) is 0 Å². The first kappa shape index (κ1) is 11.0. The molecule has 86 valence electrons. The molecule has 0 spiro atoms. The lowest BCUT2D eigenvalue weighted by Crippen LogP contribution is -2.43. The van der Waals surface area contributed by atoms with Crippen LogP contribution in [0.25, 0.3) is 0 Å². The monoisotopic (exact) mass is 222 g/mol. The highest BCUT2D eigenvalue weighted by atomic mass is 16.5. The van der Waals surface area contributed by atoms with Crippen LogP contribution >= 0.6 is 0 Å². The number of benzene rings is 1. The molecule has 0 bridgehead atoms. The number of carbonyl (C=O) groups is 1. The summed E-state index contributed by atoms with van der Waals surface area (Å²) in [5, 5.41) is 9.08. The molecule has 1 aliphatic heterocycles. The Kier molecular flexibility index (Phi) is 2.59. The normalized spacial score (nSPS) is 14.4. The summed E-state index contributed by atoms with van der Waals surface area (Å²) >= 11 is 0. The minimum atomic E-state index is -0.837. The number of para-hydroxylation sites is 1. The third kappa shape index (κ3) is 1.88. The van der Waals surface area contributed by atoms with Crippen molar-refractivity contribution in [3.8, 4) is 5.75 Å². The second kappa shape index (κ2) is 3.79. The second-order valence-electron chi connectivity index (χ2n) is 4.63. The maximum Gasteiger partial charge on any atom is 0.513 e. The molecule has 4 nitrogen and oxygen atoms in total. The van der Waals surface area contributed by atoms with E-state index in [1.807, 2.05) is 18.2 Å². The van der Waals surface area contributed by atoms with Gasteiger partial charge in [-0.2, -0.15) is 4.79 Å². The molecular weight excluding hydrogens is 206 g/mol. The summed E-state index contributed by atoms with van der Waals surface area (Å²) in [6.45, 7) is 1.14. The lowest BCUT2D eigenvalue weighted by Gasteiger charge is -2.23. The zero-order chi connectivity index (χ0) is 11.8. The van der Waals surface area contributed by atoms with Crippen molar-refractivity contribution in [3.63, 3.8) is 0 Å². The lowest BCUT2D eigenvalue weighted by atomic mass is 10.1. The van der Waals surface area contributed by atoms with Gasteiger partial charge in [-0.25, -0.2) is 4.48 Å².